The van der Waals surface area contributed by atoms with E-state index in [2.05, 4.69) is 21.6 Å². The van der Waals surface area contributed by atoms with Crippen molar-refractivity contribution in [1.29, 1.82) is 0 Å². The van der Waals surface area contributed by atoms with Gasteiger partial charge in [0.2, 0.25) is 5.91 Å². The first-order chi connectivity index (χ1) is 9.63. The Balaban J connectivity index is 0.00000220. The Morgan fingerprint density at radius 3 is 2.77 bits per heavy atom. The number of nitrogens with one attached hydrogen (secondary N) is 2. The van der Waals surface area contributed by atoms with Gasteiger partial charge in [0.25, 0.3) is 0 Å². The Kier molecular flexibility index (Phi) is 10.4. The highest BCUT2D eigenvalue weighted by molar-refractivity contribution is 5.90. The van der Waals surface area contributed by atoms with Crippen molar-refractivity contribution in [2.24, 2.45) is 0 Å². The average molecular weight is 348 g/mol. The van der Waals surface area contributed by atoms with Crippen LogP contribution in [0.2, 0.25) is 0 Å². The van der Waals surface area contributed by atoms with Crippen molar-refractivity contribution >= 4 is 36.4 Å². The van der Waals surface area contributed by atoms with Crippen LogP contribution in [0.25, 0.3) is 0 Å². The van der Waals surface area contributed by atoms with E-state index in [1.54, 1.807) is 0 Å². The van der Waals surface area contributed by atoms with Crippen LogP contribution in [0.15, 0.2) is 24.3 Å². The molecule has 1 aliphatic rings. The van der Waals surface area contributed by atoms with E-state index in [0.29, 0.717) is 12.5 Å². The summed E-state index contributed by atoms with van der Waals surface area (Å²) in [6.07, 6.45) is 3.96. The van der Waals surface area contributed by atoms with E-state index in [9.17, 15) is 4.79 Å². The van der Waals surface area contributed by atoms with Crippen LogP contribution in [-0.2, 0) is 11.3 Å². The Morgan fingerprint density at radius 1 is 1.36 bits per heavy atom. The van der Waals surface area contributed by atoms with E-state index in [1.165, 1.54) is 18.4 Å². The summed E-state index contributed by atoms with van der Waals surface area (Å²) in [6, 6.07) is 8.60. The summed E-state index contributed by atoms with van der Waals surface area (Å²) in [4.78, 5) is 14.1. The maximum Gasteiger partial charge on any atom is 0.224 e. The van der Waals surface area contributed by atoms with E-state index < -0.39 is 0 Å². The van der Waals surface area contributed by atoms with Crippen LogP contribution in [0, 0.1) is 0 Å². The van der Waals surface area contributed by atoms with Gasteiger partial charge in [-0.05, 0) is 57.6 Å². The van der Waals surface area contributed by atoms with Gasteiger partial charge in [-0.1, -0.05) is 12.1 Å². The van der Waals surface area contributed by atoms with E-state index in [0.717, 1.165) is 25.2 Å². The van der Waals surface area contributed by atoms with Crippen molar-refractivity contribution < 1.29 is 4.79 Å². The summed E-state index contributed by atoms with van der Waals surface area (Å²) in [7, 11) is 4.08. The first-order valence-electron chi connectivity index (χ1n) is 7.40. The number of carbonyl (C=O) groups excluding carboxylic acids is 1. The van der Waals surface area contributed by atoms with Crippen molar-refractivity contribution in [2.75, 3.05) is 26.0 Å². The third-order valence-corrected chi connectivity index (χ3v) is 3.59. The molecule has 1 aromatic carbocycles. The SMILES string of the molecule is CN(C)Cc1cccc(NC(=O)CCC2CCCN2)c1.Cl.Cl. The maximum absolute atomic E-state index is 12.0. The fourth-order valence-corrected chi connectivity index (χ4v) is 2.64. The van der Waals surface area contributed by atoms with E-state index >= 15 is 0 Å². The van der Waals surface area contributed by atoms with Crippen LogP contribution >= 0.6 is 24.8 Å². The number of benzene rings is 1. The molecule has 0 aliphatic carbocycles. The second-order valence-corrected chi connectivity index (χ2v) is 5.82. The summed E-state index contributed by atoms with van der Waals surface area (Å²) in [5.74, 6) is 0.112. The van der Waals surface area contributed by atoms with E-state index in [-0.39, 0.29) is 30.7 Å². The van der Waals surface area contributed by atoms with Gasteiger partial charge in [0.05, 0.1) is 0 Å². The predicted octanol–water partition coefficient (Wildman–Crippen LogP) is 3.06. The molecule has 0 saturated carbocycles. The molecule has 22 heavy (non-hydrogen) atoms. The number of nitrogens with zero attached hydrogens (tertiary/aromatic N) is 1. The normalized spacial score (nSPS) is 16.8. The van der Waals surface area contributed by atoms with Crippen molar-refractivity contribution in [3.05, 3.63) is 29.8 Å². The molecule has 0 aromatic heterocycles. The maximum atomic E-state index is 12.0. The molecule has 1 heterocycles. The summed E-state index contributed by atoms with van der Waals surface area (Å²) < 4.78 is 0. The molecule has 126 valence electrons. The monoisotopic (exact) mass is 347 g/mol. The quantitative estimate of drug-likeness (QED) is 0.831. The van der Waals surface area contributed by atoms with Crippen molar-refractivity contribution in [2.45, 2.75) is 38.3 Å². The standard InChI is InChI=1S/C16H25N3O.2ClH/c1-19(2)12-13-5-3-6-15(11-13)18-16(20)9-8-14-7-4-10-17-14;;/h3,5-6,11,14,17H,4,7-10,12H2,1-2H3,(H,18,20);2*1H. The zero-order chi connectivity index (χ0) is 14.4. The largest absolute Gasteiger partial charge is 0.326 e. The highest BCUT2D eigenvalue weighted by atomic mass is 35.5. The number of halogens is 2. The molecule has 0 spiro atoms. The lowest BCUT2D eigenvalue weighted by Crippen LogP contribution is -2.23. The lowest BCUT2D eigenvalue weighted by atomic mass is 10.1. The van der Waals surface area contributed by atoms with Crippen LogP contribution < -0.4 is 10.6 Å². The van der Waals surface area contributed by atoms with Crippen LogP contribution in [0.5, 0.6) is 0 Å². The smallest absolute Gasteiger partial charge is 0.224 e. The second kappa shape index (κ2) is 10.8. The molecule has 1 amide bonds. The fourth-order valence-electron chi connectivity index (χ4n) is 2.64. The zero-order valence-corrected chi connectivity index (χ0v) is 14.9. The Bertz CT molecular complexity index is 449. The number of carbonyl (C=O) groups is 1. The van der Waals surface area contributed by atoms with Crippen molar-refractivity contribution in [1.82, 2.24) is 10.2 Å². The minimum absolute atomic E-state index is 0. The Hall–Kier alpha value is -0.810. The molecule has 6 heteroatoms. The molecule has 1 aliphatic heterocycles. The van der Waals surface area contributed by atoms with Gasteiger partial charge in [-0.15, -0.1) is 24.8 Å². The van der Waals surface area contributed by atoms with Gasteiger partial charge < -0.3 is 15.5 Å². The molecule has 0 bridgehead atoms. The number of amides is 1. The molecular formula is C16H27Cl2N3O. The van der Waals surface area contributed by atoms with Gasteiger partial charge >= 0.3 is 0 Å². The molecular weight excluding hydrogens is 321 g/mol. The molecule has 1 aromatic rings. The van der Waals surface area contributed by atoms with Gasteiger partial charge in [0.15, 0.2) is 0 Å². The number of hydrogen-bond acceptors (Lipinski definition) is 3. The number of anilines is 1. The fraction of sp³-hybridized carbons (Fsp3) is 0.562. The lowest BCUT2D eigenvalue weighted by molar-refractivity contribution is -0.116. The molecule has 1 unspecified atom stereocenters. The van der Waals surface area contributed by atoms with Crippen LogP contribution in [-0.4, -0.2) is 37.5 Å². The minimum Gasteiger partial charge on any atom is -0.326 e. The number of rotatable bonds is 6. The zero-order valence-electron chi connectivity index (χ0n) is 13.3. The van der Waals surface area contributed by atoms with Gasteiger partial charge in [-0.3, -0.25) is 4.79 Å². The first kappa shape index (κ1) is 21.2. The first-order valence-corrected chi connectivity index (χ1v) is 7.40. The summed E-state index contributed by atoms with van der Waals surface area (Å²) in [5, 5.41) is 6.42. The summed E-state index contributed by atoms with van der Waals surface area (Å²) >= 11 is 0. The molecule has 2 N–H and O–H groups in total. The van der Waals surface area contributed by atoms with E-state index in [4.69, 9.17) is 0 Å². The molecule has 4 nitrogen and oxygen atoms in total. The minimum atomic E-state index is 0. The highest BCUT2D eigenvalue weighted by Crippen LogP contribution is 2.14. The third-order valence-electron chi connectivity index (χ3n) is 3.59. The van der Waals surface area contributed by atoms with Gasteiger partial charge in [0, 0.05) is 24.7 Å². The average Bonchev–Trinajstić information content (AvgIpc) is 2.89. The predicted molar refractivity (Wildman–Crippen MR) is 97.2 cm³/mol. The van der Waals surface area contributed by atoms with Gasteiger partial charge in [-0.25, -0.2) is 0 Å². The second-order valence-electron chi connectivity index (χ2n) is 5.82. The lowest BCUT2D eigenvalue weighted by Gasteiger charge is -2.12. The van der Waals surface area contributed by atoms with Crippen LogP contribution in [0.3, 0.4) is 0 Å². The molecule has 1 saturated heterocycles. The van der Waals surface area contributed by atoms with Gasteiger partial charge in [0.1, 0.15) is 0 Å². The van der Waals surface area contributed by atoms with Crippen LogP contribution in [0.1, 0.15) is 31.2 Å². The van der Waals surface area contributed by atoms with Crippen molar-refractivity contribution in [3.63, 3.8) is 0 Å². The summed E-state index contributed by atoms with van der Waals surface area (Å²) in [6.45, 7) is 1.98. The Labute approximate surface area is 145 Å². The van der Waals surface area contributed by atoms with Crippen molar-refractivity contribution in [3.8, 4) is 0 Å². The molecule has 2 rings (SSSR count). The molecule has 0 radical (unpaired) electrons. The number of hydrogen-bond donors (Lipinski definition) is 2. The molecule has 1 fully saturated rings. The summed E-state index contributed by atoms with van der Waals surface area (Å²) in [5.41, 5.74) is 2.11. The van der Waals surface area contributed by atoms with Crippen LogP contribution in [0.4, 0.5) is 5.69 Å². The highest BCUT2D eigenvalue weighted by Gasteiger charge is 2.15. The van der Waals surface area contributed by atoms with E-state index in [1.807, 2.05) is 32.3 Å². The van der Waals surface area contributed by atoms with Gasteiger partial charge in [-0.2, -0.15) is 0 Å². The topological polar surface area (TPSA) is 44.4 Å². The molecule has 1 atom stereocenters. The third kappa shape index (κ3) is 7.45. The Morgan fingerprint density at radius 2 is 2.14 bits per heavy atom.